The molecule has 0 spiro atoms. The van der Waals surface area contributed by atoms with Gasteiger partial charge in [0.2, 0.25) is 0 Å². The molecule has 1 atom stereocenters. The number of hydrogen-bond acceptors (Lipinski definition) is 6. The van der Waals surface area contributed by atoms with Crippen molar-refractivity contribution in [2.24, 2.45) is 9.98 Å². The van der Waals surface area contributed by atoms with Gasteiger partial charge in [0.05, 0.1) is 35.4 Å². The number of halogens is 1. The molecular formula is C35H31FN6O. The fourth-order valence-electron chi connectivity index (χ4n) is 5.64. The molecule has 2 aliphatic rings. The van der Waals surface area contributed by atoms with E-state index in [2.05, 4.69) is 17.1 Å². The van der Waals surface area contributed by atoms with E-state index in [0.717, 1.165) is 52.6 Å². The van der Waals surface area contributed by atoms with Crippen LogP contribution in [-0.4, -0.2) is 28.1 Å². The molecule has 3 heterocycles. The number of nitrogens with zero attached hydrogens (tertiary/aromatic N) is 5. The van der Waals surface area contributed by atoms with Gasteiger partial charge in [0.1, 0.15) is 11.6 Å². The number of nitrogens with one attached hydrogen (secondary N) is 1. The monoisotopic (exact) mass is 570 g/mol. The molecule has 0 bridgehead atoms. The number of ether oxygens (including phenoxy) is 1. The smallest absolute Gasteiger partial charge is 0.179 e. The molecule has 0 radical (unpaired) electrons. The van der Waals surface area contributed by atoms with Gasteiger partial charge >= 0.3 is 0 Å². The average Bonchev–Trinajstić information content (AvgIpc) is 3.38. The predicted molar refractivity (Wildman–Crippen MR) is 170 cm³/mol. The number of aromatic nitrogens is 2. The number of fused-ring (bicyclic) bond motifs is 4. The second-order valence-electron chi connectivity index (χ2n) is 10.6. The maximum atomic E-state index is 15.7. The van der Waals surface area contributed by atoms with Crippen molar-refractivity contribution in [2.75, 3.05) is 16.8 Å². The van der Waals surface area contributed by atoms with E-state index < -0.39 is 6.04 Å². The van der Waals surface area contributed by atoms with Crippen LogP contribution in [0.3, 0.4) is 0 Å². The van der Waals surface area contributed by atoms with Crippen molar-refractivity contribution >= 4 is 34.6 Å². The van der Waals surface area contributed by atoms with Crippen LogP contribution in [0.2, 0.25) is 0 Å². The molecule has 7 nitrogen and oxygen atoms in total. The maximum absolute atomic E-state index is 15.7. The quantitative estimate of drug-likeness (QED) is 0.200. The molecule has 4 aromatic carbocycles. The minimum Gasteiger partial charge on any atom is -0.494 e. The first-order chi connectivity index (χ1) is 21.1. The van der Waals surface area contributed by atoms with Crippen LogP contribution in [-0.2, 0) is 0 Å². The fraction of sp³-hybridized carbons (Fsp3) is 0.171. The van der Waals surface area contributed by atoms with Crippen molar-refractivity contribution < 1.29 is 9.13 Å². The Kier molecular flexibility index (Phi) is 6.95. The van der Waals surface area contributed by atoms with Gasteiger partial charge in [-0.1, -0.05) is 61.9 Å². The van der Waals surface area contributed by atoms with E-state index >= 15 is 4.39 Å². The molecule has 2 aliphatic heterocycles. The summed E-state index contributed by atoms with van der Waals surface area (Å²) in [6.07, 6.45) is 2.09. The Morgan fingerprint density at radius 1 is 0.860 bits per heavy atom. The van der Waals surface area contributed by atoms with Crippen LogP contribution in [0.25, 0.3) is 5.69 Å². The number of anilines is 2. The number of rotatable bonds is 7. The Morgan fingerprint density at radius 2 is 1.60 bits per heavy atom. The lowest BCUT2D eigenvalue weighted by molar-refractivity contribution is 0.309. The van der Waals surface area contributed by atoms with Crippen LogP contribution in [0.1, 0.15) is 42.6 Å². The van der Waals surface area contributed by atoms with Crippen molar-refractivity contribution in [1.82, 2.24) is 9.78 Å². The molecule has 1 aromatic heterocycles. The molecule has 1 unspecified atom stereocenters. The second-order valence-corrected chi connectivity index (χ2v) is 10.6. The Labute approximate surface area is 250 Å². The number of aryl methyl sites for hydroxylation is 1. The zero-order valence-corrected chi connectivity index (χ0v) is 24.0. The zero-order chi connectivity index (χ0) is 29.3. The normalized spacial score (nSPS) is 15.1. The number of para-hydroxylation sites is 3. The van der Waals surface area contributed by atoms with Gasteiger partial charge in [-0.15, -0.1) is 0 Å². The van der Waals surface area contributed by atoms with Crippen molar-refractivity contribution in [2.45, 2.75) is 32.7 Å². The van der Waals surface area contributed by atoms with Gasteiger partial charge in [-0.05, 0) is 67.9 Å². The zero-order valence-electron chi connectivity index (χ0n) is 24.0. The molecule has 0 fully saturated rings. The van der Waals surface area contributed by atoms with E-state index in [1.165, 1.54) is 6.07 Å². The number of amidine groups is 2. The third-order valence-electron chi connectivity index (χ3n) is 7.72. The van der Waals surface area contributed by atoms with E-state index in [9.17, 15) is 0 Å². The Bertz CT molecular complexity index is 1840. The summed E-state index contributed by atoms with van der Waals surface area (Å²) in [6, 6.07) is 32.0. The van der Waals surface area contributed by atoms with Gasteiger partial charge in [-0.3, -0.25) is 0 Å². The van der Waals surface area contributed by atoms with Crippen molar-refractivity contribution in [3.63, 3.8) is 0 Å². The molecule has 0 aliphatic carbocycles. The lowest BCUT2D eigenvalue weighted by Gasteiger charge is -2.40. The molecule has 43 heavy (non-hydrogen) atoms. The molecule has 0 saturated carbocycles. The van der Waals surface area contributed by atoms with Gasteiger partial charge in [0.15, 0.2) is 17.5 Å². The van der Waals surface area contributed by atoms with Crippen molar-refractivity contribution in [1.29, 1.82) is 0 Å². The lowest BCUT2D eigenvalue weighted by Crippen LogP contribution is -2.46. The number of benzene rings is 4. The minimum atomic E-state index is -0.524. The molecule has 8 heteroatoms. The third-order valence-corrected chi connectivity index (χ3v) is 7.72. The highest BCUT2D eigenvalue weighted by Gasteiger charge is 2.42. The molecule has 0 saturated heterocycles. The SMILES string of the molecule is CCCCOc1ccc(NC2=Nc3ccccc3N3C2=Nc2c(c(C)nn2-c2ccccc2)C3c2ccccc2F)cc1. The first-order valence-corrected chi connectivity index (χ1v) is 14.6. The molecule has 0 amide bonds. The van der Waals surface area contributed by atoms with Gasteiger partial charge in [0.25, 0.3) is 0 Å². The topological polar surface area (TPSA) is 67.0 Å². The maximum Gasteiger partial charge on any atom is 0.179 e. The van der Waals surface area contributed by atoms with E-state index in [-0.39, 0.29) is 5.82 Å². The highest BCUT2D eigenvalue weighted by Crippen LogP contribution is 2.48. The summed E-state index contributed by atoms with van der Waals surface area (Å²) in [7, 11) is 0. The minimum absolute atomic E-state index is 0.292. The summed E-state index contributed by atoms with van der Waals surface area (Å²) in [5.41, 5.74) is 5.49. The van der Waals surface area contributed by atoms with Crippen LogP contribution in [0.15, 0.2) is 113 Å². The molecule has 1 N–H and O–H groups in total. The van der Waals surface area contributed by atoms with E-state index in [0.29, 0.717) is 29.7 Å². The molecular weight excluding hydrogens is 539 g/mol. The first-order valence-electron chi connectivity index (χ1n) is 14.6. The molecule has 5 aromatic rings. The van der Waals surface area contributed by atoms with E-state index in [1.54, 1.807) is 6.07 Å². The first kappa shape index (κ1) is 26.6. The Hall–Kier alpha value is -5.24. The summed E-state index contributed by atoms with van der Waals surface area (Å²) in [5.74, 6) is 2.32. The fourth-order valence-corrected chi connectivity index (χ4v) is 5.64. The van der Waals surface area contributed by atoms with Crippen LogP contribution >= 0.6 is 0 Å². The van der Waals surface area contributed by atoms with Crippen LogP contribution < -0.4 is 15.0 Å². The van der Waals surface area contributed by atoms with Crippen molar-refractivity contribution in [3.8, 4) is 11.4 Å². The van der Waals surface area contributed by atoms with Gasteiger partial charge in [0, 0.05) is 16.8 Å². The Balaban J connectivity index is 1.39. The third kappa shape index (κ3) is 4.84. The summed E-state index contributed by atoms with van der Waals surface area (Å²) in [4.78, 5) is 12.3. The summed E-state index contributed by atoms with van der Waals surface area (Å²) in [5, 5.41) is 8.41. The highest BCUT2D eigenvalue weighted by molar-refractivity contribution is 6.51. The summed E-state index contributed by atoms with van der Waals surface area (Å²) in [6.45, 7) is 4.79. The van der Waals surface area contributed by atoms with Crippen LogP contribution in [0.5, 0.6) is 5.75 Å². The van der Waals surface area contributed by atoms with Crippen molar-refractivity contribution in [3.05, 3.63) is 126 Å². The second kappa shape index (κ2) is 11.2. The summed E-state index contributed by atoms with van der Waals surface area (Å²) >= 11 is 0. The molecule has 7 rings (SSSR count). The van der Waals surface area contributed by atoms with Gasteiger partial charge < -0.3 is 15.0 Å². The number of aliphatic imine (C=N–C) groups is 2. The lowest BCUT2D eigenvalue weighted by atomic mass is 9.93. The molecule has 214 valence electrons. The standard InChI is InChI=1S/C35H31FN6O/c1-3-4-22-43-26-20-18-24(19-21-26)37-33-35-39-34-31(23(2)40-42(34)25-12-6-5-7-13-25)32(27-14-8-9-15-28(27)36)41(35)30-17-11-10-16-29(30)38-33/h5-21,32H,3-4,22H2,1-2H3,(H,37,38). The predicted octanol–water partition coefficient (Wildman–Crippen LogP) is 8.29. The number of hydrogen-bond donors (Lipinski definition) is 1. The average molecular weight is 571 g/mol. The van der Waals surface area contributed by atoms with E-state index in [1.807, 2.05) is 103 Å². The van der Waals surface area contributed by atoms with Crippen LogP contribution in [0.4, 0.5) is 27.3 Å². The highest BCUT2D eigenvalue weighted by atomic mass is 19.1. The van der Waals surface area contributed by atoms with E-state index in [4.69, 9.17) is 19.8 Å². The summed E-state index contributed by atoms with van der Waals surface area (Å²) < 4.78 is 23.4. The van der Waals surface area contributed by atoms with Crippen LogP contribution in [0, 0.1) is 12.7 Å². The number of unbranched alkanes of at least 4 members (excludes halogenated alkanes) is 1. The van der Waals surface area contributed by atoms with Gasteiger partial charge in [-0.25, -0.2) is 19.1 Å². The largest absolute Gasteiger partial charge is 0.494 e. The van der Waals surface area contributed by atoms with Gasteiger partial charge in [-0.2, -0.15) is 5.10 Å². The Morgan fingerprint density at radius 3 is 2.40 bits per heavy atom.